The molecule has 7 nitrogen and oxygen atoms in total. The largest absolute Gasteiger partial charge is 0.332 e. The first-order chi connectivity index (χ1) is 12.3. The van der Waals surface area contributed by atoms with Crippen LogP contribution in [0.3, 0.4) is 0 Å². The van der Waals surface area contributed by atoms with Gasteiger partial charge in [0.1, 0.15) is 0 Å². The fourth-order valence-corrected chi connectivity index (χ4v) is 2.20. The van der Waals surface area contributed by atoms with Crippen LogP contribution in [0.15, 0.2) is 54.6 Å². The smallest absolute Gasteiger partial charge is 0.269 e. The number of hydrogen-bond acceptors (Lipinski definition) is 5. The van der Waals surface area contributed by atoms with Crippen LogP contribution in [-0.4, -0.2) is 21.7 Å². The molecule has 1 amide bonds. The van der Waals surface area contributed by atoms with Crippen LogP contribution in [0.25, 0.3) is 6.08 Å². The van der Waals surface area contributed by atoms with Crippen molar-refractivity contribution in [3.05, 3.63) is 75.8 Å². The standard InChI is InChI=1S/C18H15N3O4S/c1-12(22)14-5-7-15(8-6-14)19-18(26)20-17(23)11-4-13-2-9-16(10-3-13)21(24)25/h2-11H,1H3,(H2,19,20,23,26)/b11-4+. The predicted octanol–water partition coefficient (Wildman–Crippen LogP) is 3.32. The van der Waals surface area contributed by atoms with Gasteiger partial charge in [0.05, 0.1) is 4.92 Å². The molecule has 0 bridgehead atoms. The van der Waals surface area contributed by atoms with Gasteiger partial charge in [0.25, 0.3) is 5.69 Å². The van der Waals surface area contributed by atoms with Crippen LogP contribution < -0.4 is 10.6 Å². The van der Waals surface area contributed by atoms with Gasteiger partial charge >= 0.3 is 0 Å². The highest BCUT2D eigenvalue weighted by Gasteiger charge is 2.05. The second-order valence-corrected chi connectivity index (χ2v) is 5.67. The van der Waals surface area contributed by atoms with Gasteiger partial charge in [0.2, 0.25) is 5.91 Å². The summed E-state index contributed by atoms with van der Waals surface area (Å²) in [7, 11) is 0. The van der Waals surface area contributed by atoms with Crippen molar-refractivity contribution in [2.75, 3.05) is 5.32 Å². The van der Waals surface area contributed by atoms with Crippen LogP contribution in [0.5, 0.6) is 0 Å². The Kier molecular flexibility index (Phi) is 6.29. The highest BCUT2D eigenvalue weighted by atomic mass is 32.1. The first-order valence-corrected chi connectivity index (χ1v) is 7.91. The lowest BCUT2D eigenvalue weighted by Gasteiger charge is -2.08. The molecule has 0 fully saturated rings. The monoisotopic (exact) mass is 369 g/mol. The summed E-state index contributed by atoms with van der Waals surface area (Å²) in [6.45, 7) is 1.48. The van der Waals surface area contributed by atoms with E-state index in [0.717, 1.165) is 0 Å². The summed E-state index contributed by atoms with van der Waals surface area (Å²) in [5, 5.41) is 16.0. The molecule has 0 spiro atoms. The molecular weight excluding hydrogens is 354 g/mol. The Morgan fingerprint density at radius 2 is 1.69 bits per heavy atom. The zero-order valence-electron chi connectivity index (χ0n) is 13.8. The fourth-order valence-electron chi connectivity index (χ4n) is 1.98. The second kappa shape index (κ2) is 8.63. The number of Topliss-reactive ketones (excluding diaryl/α,β-unsaturated/α-hetero) is 1. The van der Waals surface area contributed by atoms with E-state index in [4.69, 9.17) is 12.2 Å². The van der Waals surface area contributed by atoms with Crippen molar-refractivity contribution < 1.29 is 14.5 Å². The third kappa shape index (κ3) is 5.60. The number of non-ortho nitro benzene ring substituents is 1. The number of carbonyl (C=O) groups excluding carboxylic acids is 2. The Labute approximate surface area is 154 Å². The Hall–Kier alpha value is -3.39. The van der Waals surface area contributed by atoms with Gasteiger partial charge in [-0.25, -0.2) is 0 Å². The predicted molar refractivity (Wildman–Crippen MR) is 103 cm³/mol. The van der Waals surface area contributed by atoms with Crippen LogP contribution in [-0.2, 0) is 4.79 Å². The molecule has 2 N–H and O–H groups in total. The van der Waals surface area contributed by atoms with E-state index in [1.165, 1.54) is 43.3 Å². The van der Waals surface area contributed by atoms with Gasteiger partial charge in [0.15, 0.2) is 10.9 Å². The maximum atomic E-state index is 11.9. The number of benzene rings is 2. The SMILES string of the molecule is CC(=O)c1ccc(NC(=S)NC(=O)/C=C/c2ccc([N+](=O)[O-])cc2)cc1. The molecule has 0 saturated carbocycles. The molecule has 0 radical (unpaired) electrons. The second-order valence-electron chi connectivity index (χ2n) is 5.26. The van der Waals surface area contributed by atoms with Gasteiger partial charge in [-0.3, -0.25) is 25.0 Å². The summed E-state index contributed by atoms with van der Waals surface area (Å²) in [4.78, 5) is 33.2. The molecule has 132 valence electrons. The molecule has 2 rings (SSSR count). The van der Waals surface area contributed by atoms with Crippen LogP contribution in [0.4, 0.5) is 11.4 Å². The number of nitrogens with one attached hydrogen (secondary N) is 2. The van der Waals surface area contributed by atoms with Crippen molar-refractivity contribution in [3.63, 3.8) is 0 Å². The summed E-state index contributed by atoms with van der Waals surface area (Å²) < 4.78 is 0. The lowest BCUT2D eigenvalue weighted by atomic mass is 10.1. The van der Waals surface area contributed by atoms with E-state index in [1.54, 1.807) is 24.3 Å². The molecule has 0 unspecified atom stereocenters. The van der Waals surface area contributed by atoms with Gasteiger partial charge in [-0.2, -0.15) is 0 Å². The number of hydrogen-bond donors (Lipinski definition) is 2. The van der Waals surface area contributed by atoms with E-state index in [9.17, 15) is 19.7 Å². The summed E-state index contributed by atoms with van der Waals surface area (Å²) >= 11 is 5.05. The van der Waals surface area contributed by atoms with Gasteiger partial charge in [0, 0.05) is 29.5 Å². The zero-order chi connectivity index (χ0) is 19.1. The molecular formula is C18H15N3O4S. The van der Waals surface area contributed by atoms with E-state index in [1.807, 2.05) is 0 Å². The van der Waals surface area contributed by atoms with E-state index in [-0.39, 0.29) is 16.6 Å². The number of rotatable bonds is 5. The highest BCUT2D eigenvalue weighted by Crippen LogP contribution is 2.13. The molecule has 26 heavy (non-hydrogen) atoms. The molecule has 0 saturated heterocycles. The van der Waals surface area contributed by atoms with Crippen molar-refractivity contribution >= 4 is 46.5 Å². The zero-order valence-corrected chi connectivity index (χ0v) is 14.6. The average molecular weight is 369 g/mol. The van der Waals surface area contributed by atoms with Crippen LogP contribution in [0.1, 0.15) is 22.8 Å². The molecule has 2 aromatic rings. The van der Waals surface area contributed by atoms with E-state index >= 15 is 0 Å². The molecule has 8 heteroatoms. The van der Waals surface area contributed by atoms with Crippen molar-refractivity contribution in [2.45, 2.75) is 6.92 Å². The summed E-state index contributed by atoms with van der Waals surface area (Å²) in [5.74, 6) is -0.481. The van der Waals surface area contributed by atoms with Crippen LogP contribution in [0, 0.1) is 10.1 Å². The number of nitrogens with zero attached hydrogens (tertiary/aromatic N) is 1. The molecule has 0 aromatic heterocycles. The van der Waals surface area contributed by atoms with E-state index in [2.05, 4.69) is 10.6 Å². The Balaban J connectivity index is 1.89. The number of nitro groups is 1. The summed E-state index contributed by atoms with van der Waals surface area (Å²) in [5.41, 5.74) is 1.84. The van der Waals surface area contributed by atoms with Crippen molar-refractivity contribution in [2.24, 2.45) is 0 Å². The van der Waals surface area contributed by atoms with Crippen LogP contribution >= 0.6 is 12.2 Å². The molecule has 0 aliphatic heterocycles. The number of carbonyl (C=O) groups is 2. The molecule has 2 aromatic carbocycles. The van der Waals surface area contributed by atoms with E-state index in [0.29, 0.717) is 16.8 Å². The quantitative estimate of drug-likeness (QED) is 0.276. The lowest BCUT2D eigenvalue weighted by molar-refractivity contribution is -0.384. The number of thiocarbonyl (C=S) groups is 1. The summed E-state index contributed by atoms with van der Waals surface area (Å²) in [6, 6.07) is 12.5. The summed E-state index contributed by atoms with van der Waals surface area (Å²) in [6.07, 6.45) is 2.79. The van der Waals surface area contributed by atoms with Crippen molar-refractivity contribution in [3.8, 4) is 0 Å². The van der Waals surface area contributed by atoms with Gasteiger partial charge in [-0.05, 0) is 67.2 Å². The first kappa shape index (κ1) is 18.9. The van der Waals surface area contributed by atoms with Crippen molar-refractivity contribution in [1.29, 1.82) is 0 Å². The van der Waals surface area contributed by atoms with Crippen molar-refractivity contribution in [1.82, 2.24) is 5.32 Å². The highest BCUT2D eigenvalue weighted by molar-refractivity contribution is 7.80. The minimum atomic E-state index is -0.493. The van der Waals surface area contributed by atoms with Gasteiger partial charge < -0.3 is 5.32 Å². The molecule has 0 aliphatic carbocycles. The average Bonchev–Trinajstić information content (AvgIpc) is 2.60. The normalized spacial score (nSPS) is 10.3. The Morgan fingerprint density at radius 1 is 1.08 bits per heavy atom. The Morgan fingerprint density at radius 3 is 2.23 bits per heavy atom. The third-order valence-electron chi connectivity index (χ3n) is 3.32. The third-order valence-corrected chi connectivity index (χ3v) is 3.52. The first-order valence-electron chi connectivity index (χ1n) is 7.50. The van der Waals surface area contributed by atoms with Gasteiger partial charge in [-0.15, -0.1) is 0 Å². The number of amides is 1. The topological polar surface area (TPSA) is 101 Å². The number of ketones is 1. The maximum Gasteiger partial charge on any atom is 0.269 e. The molecule has 0 atom stereocenters. The minimum absolute atomic E-state index is 0.0206. The minimum Gasteiger partial charge on any atom is -0.332 e. The molecule has 0 aliphatic rings. The molecule has 0 heterocycles. The number of anilines is 1. The Bertz CT molecular complexity index is 874. The fraction of sp³-hybridized carbons (Fsp3) is 0.0556. The lowest BCUT2D eigenvalue weighted by Crippen LogP contribution is -2.32. The van der Waals surface area contributed by atoms with Crippen LogP contribution in [0.2, 0.25) is 0 Å². The van der Waals surface area contributed by atoms with Gasteiger partial charge in [-0.1, -0.05) is 0 Å². The number of nitro benzene ring substituents is 1. The maximum absolute atomic E-state index is 11.9. The van der Waals surface area contributed by atoms with E-state index < -0.39 is 10.8 Å².